The van der Waals surface area contributed by atoms with Crippen molar-refractivity contribution in [3.8, 4) is 17.2 Å². The molecule has 35 heavy (non-hydrogen) atoms. The summed E-state index contributed by atoms with van der Waals surface area (Å²) in [5.74, 6) is 1.20. The Labute approximate surface area is 208 Å². The van der Waals surface area contributed by atoms with Gasteiger partial charge in [0.2, 0.25) is 0 Å². The lowest BCUT2D eigenvalue weighted by Gasteiger charge is -2.22. The van der Waals surface area contributed by atoms with Gasteiger partial charge in [0.1, 0.15) is 11.5 Å². The summed E-state index contributed by atoms with van der Waals surface area (Å²) in [6.07, 6.45) is 0.867. The molecule has 0 bridgehead atoms. The van der Waals surface area contributed by atoms with Gasteiger partial charge in [-0.2, -0.15) is 10.1 Å². The first-order valence-electron chi connectivity index (χ1n) is 11.7. The lowest BCUT2D eigenvalue weighted by Crippen LogP contribution is -2.35. The van der Waals surface area contributed by atoms with Crippen LogP contribution in [0.25, 0.3) is 16.0 Å². The molecule has 0 N–H and O–H groups in total. The van der Waals surface area contributed by atoms with Gasteiger partial charge < -0.3 is 19.3 Å². The molecule has 1 aliphatic heterocycles. The summed E-state index contributed by atoms with van der Waals surface area (Å²) in [5.41, 5.74) is 4.63. The van der Waals surface area contributed by atoms with Crippen molar-refractivity contribution >= 4 is 32.7 Å². The summed E-state index contributed by atoms with van der Waals surface area (Å²) >= 11 is 1.67. The second kappa shape index (κ2) is 9.58. The molecule has 3 heterocycles. The van der Waals surface area contributed by atoms with Crippen LogP contribution in [-0.4, -0.2) is 66.0 Å². The van der Waals surface area contributed by atoms with Crippen LogP contribution in [-0.2, 0) is 0 Å². The van der Waals surface area contributed by atoms with E-state index in [-0.39, 0.29) is 5.91 Å². The van der Waals surface area contributed by atoms with Crippen molar-refractivity contribution in [3.05, 3.63) is 59.3 Å². The third-order valence-corrected chi connectivity index (χ3v) is 7.49. The average Bonchev–Trinajstić information content (AvgIpc) is 3.33. The van der Waals surface area contributed by atoms with Crippen molar-refractivity contribution in [2.24, 2.45) is 0 Å². The number of amides is 1. The third-order valence-electron chi connectivity index (χ3n) is 6.28. The fraction of sp³-hybridized carbons (Fsp3) is 0.346. The third kappa shape index (κ3) is 4.55. The molecule has 5 rings (SSSR count). The Kier molecular flexibility index (Phi) is 6.34. The Morgan fingerprint density at radius 1 is 0.971 bits per heavy atom. The average molecular weight is 492 g/mol. The van der Waals surface area contributed by atoms with E-state index in [4.69, 9.17) is 19.6 Å². The molecule has 0 spiro atoms. The maximum Gasteiger partial charge on any atom is 0.254 e. The number of carbonyl (C=O) groups excluding carboxylic acids is 1. The number of anilines is 1. The maximum absolute atomic E-state index is 13.3. The number of aromatic nitrogens is 3. The standard InChI is InChI=1S/C26H29N5O3S/c1-17-7-5-8-20(13-17)31-24-23(18(2)28-31)35-26(27-24)30-10-6-9-29(11-12-30)25(32)19-14-21(33-3)16-22(15-19)34-4/h5,7-8,13-16H,6,9-12H2,1-4H3. The number of thiazole rings is 1. The maximum atomic E-state index is 13.3. The number of carbonyl (C=O) groups is 1. The highest BCUT2D eigenvalue weighted by Crippen LogP contribution is 2.33. The smallest absolute Gasteiger partial charge is 0.254 e. The predicted octanol–water partition coefficient (Wildman–Crippen LogP) is 4.47. The van der Waals surface area contributed by atoms with Crippen LogP contribution in [0.5, 0.6) is 11.5 Å². The molecule has 182 valence electrons. The van der Waals surface area contributed by atoms with E-state index >= 15 is 0 Å². The Morgan fingerprint density at radius 3 is 2.46 bits per heavy atom. The normalized spacial score (nSPS) is 14.3. The SMILES string of the molecule is COc1cc(OC)cc(C(=O)N2CCCN(c3nc4c(s3)c(C)nn4-c3cccc(C)c3)CC2)c1. The Morgan fingerprint density at radius 2 is 1.74 bits per heavy atom. The fourth-order valence-electron chi connectivity index (χ4n) is 4.42. The van der Waals surface area contributed by atoms with Gasteiger partial charge in [0, 0.05) is 37.8 Å². The van der Waals surface area contributed by atoms with Crippen molar-refractivity contribution in [1.82, 2.24) is 19.7 Å². The first-order valence-corrected chi connectivity index (χ1v) is 12.5. The minimum absolute atomic E-state index is 0.0146. The number of hydrogen-bond donors (Lipinski definition) is 0. The minimum Gasteiger partial charge on any atom is -0.497 e. The molecule has 4 aromatic rings. The van der Waals surface area contributed by atoms with E-state index in [0.29, 0.717) is 30.2 Å². The Bertz CT molecular complexity index is 1360. The van der Waals surface area contributed by atoms with Gasteiger partial charge in [-0.25, -0.2) is 4.68 Å². The number of benzene rings is 2. The molecule has 1 saturated heterocycles. The van der Waals surface area contributed by atoms with Gasteiger partial charge in [-0.05, 0) is 50.1 Å². The molecule has 1 aliphatic rings. The molecule has 0 aliphatic carbocycles. The van der Waals surface area contributed by atoms with Crippen LogP contribution in [0.4, 0.5) is 5.13 Å². The Hall–Kier alpha value is -3.59. The lowest BCUT2D eigenvalue weighted by molar-refractivity contribution is 0.0766. The topological polar surface area (TPSA) is 72.7 Å². The number of aryl methyl sites for hydroxylation is 2. The summed E-state index contributed by atoms with van der Waals surface area (Å²) in [5, 5.41) is 5.71. The van der Waals surface area contributed by atoms with Crippen LogP contribution in [0, 0.1) is 13.8 Å². The largest absolute Gasteiger partial charge is 0.497 e. The summed E-state index contributed by atoms with van der Waals surface area (Å²) in [6, 6.07) is 13.6. The highest BCUT2D eigenvalue weighted by molar-refractivity contribution is 7.22. The lowest BCUT2D eigenvalue weighted by atomic mass is 10.1. The fourth-order valence-corrected chi connectivity index (χ4v) is 5.46. The number of fused-ring (bicyclic) bond motifs is 1. The van der Waals surface area contributed by atoms with E-state index in [1.807, 2.05) is 22.6 Å². The summed E-state index contributed by atoms with van der Waals surface area (Å²) in [6.45, 7) is 6.99. The van der Waals surface area contributed by atoms with Gasteiger partial charge >= 0.3 is 0 Å². The van der Waals surface area contributed by atoms with Crippen LogP contribution in [0.15, 0.2) is 42.5 Å². The summed E-state index contributed by atoms with van der Waals surface area (Å²) in [7, 11) is 3.18. The van der Waals surface area contributed by atoms with Gasteiger partial charge in [-0.3, -0.25) is 4.79 Å². The highest BCUT2D eigenvalue weighted by Gasteiger charge is 2.24. The highest BCUT2D eigenvalue weighted by atomic mass is 32.1. The first kappa shape index (κ1) is 23.2. The molecule has 2 aromatic heterocycles. The van der Waals surface area contributed by atoms with Crippen molar-refractivity contribution in [3.63, 3.8) is 0 Å². The summed E-state index contributed by atoms with van der Waals surface area (Å²) < 4.78 is 13.7. The van der Waals surface area contributed by atoms with Crippen LogP contribution in [0.1, 0.15) is 28.0 Å². The molecule has 8 nitrogen and oxygen atoms in total. The molecule has 0 saturated carbocycles. The van der Waals surface area contributed by atoms with Gasteiger partial charge in [0.05, 0.1) is 30.3 Å². The van der Waals surface area contributed by atoms with E-state index in [1.54, 1.807) is 43.8 Å². The molecule has 0 unspecified atom stereocenters. The number of hydrogen-bond acceptors (Lipinski definition) is 7. The van der Waals surface area contributed by atoms with Gasteiger partial charge in [0.25, 0.3) is 5.91 Å². The second-order valence-corrected chi connectivity index (χ2v) is 9.70. The van der Waals surface area contributed by atoms with Crippen LogP contribution >= 0.6 is 11.3 Å². The van der Waals surface area contributed by atoms with E-state index in [1.165, 1.54) is 5.56 Å². The molecular formula is C26H29N5O3S. The van der Waals surface area contributed by atoms with E-state index < -0.39 is 0 Å². The zero-order valence-corrected chi connectivity index (χ0v) is 21.3. The predicted molar refractivity (Wildman–Crippen MR) is 138 cm³/mol. The molecule has 1 amide bonds. The van der Waals surface area contributed by atoms with E-state index in [9.17, 15) is 4.79 Å². The zero-order valence-electron chi connectivity index (χ0n) is 20.4. The van der Waals surface area contributed by atoms with Crippen molar-refractivity contribution in [2.45, 2.75) is 20.3 Å². The quantitative estimate of drug-likeness (QED) is 0.410. The number of nitrogens with zero attached hydrogens (tertiary/aromatic N) is 5. The molecule has 9 heteroatoms. The molecular weight excluding hydrogens is 462 g/mol. The molecule has 2 aromatic carbocycles. The zero-order chi connectivity index (χ0) is 24.5. The Balaban J connectivity index is 1.36. The van der Waals surface area contributed by atoms with Crippen molar-refractivity contribution < 1.29 is 14.3 Å². The van der Waals surface area contributed by atoms with Crippen molar-refractivity contribution in [2.75, 3.05) is 45.3 Å². The summed E-state index contributed by atoms with van der Waals surface area (Å²) in [4.78, 5) is 22.4. The number of rotatable bonds is 5. The number of ether oxygens (including phenoxy) is 2. The van der Waals surface area contributed by atoms with E-state index in [0.717, 1.165) is 46.4 Å². The molecule has 0 atom stereocenters. The van der Waals surface area contributed by atoms with Crippen LogP contribution < -0.4 is 14.4 Å². The second-order valence-electron chi connectivity index (χ2n) is 8.72. The van der Waals surface area contributed by atoms with Crippen LogP contribution in [0.3, 0.4) is 0 Å². The van der Waals surface area contributed by atoms with Crippen LogP contribution in [0.2, 0.25) is 0 Å². The molecule has 0 radical (unpaired) electrons. The van der Waals surface area contributed by atoms with Crippen molar-refractivity contribution in [1.29, 1.82) is 0 Å². The molecule has 1 fully saturated rings. The first-order chi connectivity index (χ1) is 17.0. The van der Waals surface area contributed by atoms with Gasteiger partial charge in [0.15, 0.2) is 10.8 Å². The van der Waals surface area contributed by atoms with E-state index in [2.05, 4.69) is 30.0 Å². The van der Waals surface area contributed by atoms with Gasteiger partial charge in [-0.1, -0.05) is 23.5 Å². The minimum atomic E-state index is -0.0146. The number of methoxy groups -OCH3 is 2. The monoisotopic (exact) mass is 491 g/mol. The van der Waals surface area contributed by atoms with Gasteiger partial charge in [-0.15, -0.1) is 0 Å².